The summed E-state index contributed by atoms with van der Waals surface area (Å²) < 4.78 is 0. The molecular weight excluding hydrogens is 248 g/mol. The number of rotatable bonds is 3. The Morgan fingerprint density at radius 3 is 2.72 bits per heavy atom. The van der Waals surface area contributed by atoms with Crippen molar-refractivity contribution in [3.05, 3.63) is 28.8 Å². The van der Waals surface area contributed by atoms with Crippen LogP contribution in [0.1, 0.15) is 43.0 Å². The molecule has 3 N–H and O–H groups in total. The van der Waals surface area contributed by atoms with Crippen LogP contribution in [-0.2, 0) is 0 Å². The highest BCUT2D eigenvalue weighted by Gasteiger charge is 2.23. The quantitative estimate of drug-likeness (QED) is 0.826. The molecule has 1 amide bonds. The number of nitrogens with two attached hydrogens (primary N) is 1. The summed E-state index contributed by atoms with van der Waals surface area (Å²) in [6, 6.07) is 5.18. The molecule has 0 spiro atoms. The van der Waals surface area contributed by atoms with E-state index in [1.807, 2.05) is 0 Å². The first kappa shape index (κ1) is 13.2. The van der Waals surface area contributed by atoms with Crippen molar-refractivity contribution in [3.8, 4) is 0 Å². The van der Waals surface area contributed by atoms with E-state index in [4.69, 9.17) is 17.3 Å². The van der Waals surface area contributed by atoms with Crippen LogP contribution in [-0.4, -0.2) is 11.9 Å². The van der Waals surface area contributed by atoms with Crippen LogP contribution in [0.15, 0.2) is 18.2 Å². The van der Waals surface area contributed by atoms with E-state index in [9.17, 15) is 4.79 Å². The van der Waals surface area contributed by atoms with Gasteiger partial charge in [0.15, 0.2) is 0 Å². The fraction of sp³-hybridized carbons (Fsp3) is 0.500. The Labute approximate surface area is 113 Å². The van der Waals surface area contributed by atoms with Crippen molar-refractivity contribution < 1.29 is 4.79 Å². The molecule has 1 aromatic carbocycles. The molecule has 1 atom stereocenters. The number of carbonyl (C=O) groups is 1. The first-order chi connectivity index (χ1) is 8.58. The molecule has 4 heteroatoms. The standard InChI is InChI=1S/C14H19ClN2O/c1-9(10-4-2-3-5-10)17-14(18)12-7-6-11(16)8-13(12)15/h6-10H,2-5,16H2,1H3,(H,17,18). The minimum Gasteiger partial charge on any atom is -0.399 e. The van der Waals surface area contributed by atoms with Gasteiger partial charge in [0.1, 0.15) is 0 Å². The third kappa shape index (κ3) is 2.96. The summed E-state index contributed by atoms with van der Waals surface area (Å²) in [5.74, 6) is 0.487. The fourth-order valence-electron chi connectivity index (χ4n) is 2.58. The van der Waals surface area contributed by atoms with Gasteiger partial charge in [0.2, 0.25) is 0 Å². The van der Waals surface area contributed by atoms with Gasteiger partial charge in [-0.15, -0.1) is 0 Å². The molecule has 1 unspecified atom stereocenters. The van der Waals surface area contributed by atoms with Crippen molar-refractivity contribution >= 4 is 23.2 Å². The summed E-state index contributed by atoms with van der Waals surface area (Å²) in [6.07, 6.45) is 4.95. The maximum atomic E-state index is 12.1. The lowest BCUT2D eigenvalue weighted by atomic mass is 9.99. The number of nitrogens with one attached hydrogen (secondary N) is 1. The number of carbonyl (C=O) groups excluding carboxylic acids is 1. The second kappa shape index (κ2) is 5.61. The lowest BCUT2D eigenvalue weighted by molar-refractivity contribution is 0.0927. The normalized spacial score (nSPS) is 17.7. The molecule has 2 rings (SSSR count). The van der Waals surface area contributed by atoms with E-state index in [2.05, 4.69) is 12.2 Å². The highest BCUT2D eigenvalue weighted by molar-refractivity contribution is 6.34. The molecule has 0 aliphatic heterocycles. The fourth-order valence-corrected chi connectivity index (χ4v) is 2.85. The van der Waals surface area contributed by atoms with Crippen LogP contribution >= 0.6 is 11.6 Å². The molecule has 0 saturated heterocycles. The minimum atomic E-state index is -0.112. The van der Waals surface area contributed by atoms with Gasteiger partial charge in [-0.2, -0.15) is 0 Å². The monoisotopic (exact) mass is 266 g/mol. The maximum Gasteiger partial charge on any atom is 0.253 e. The second-order valence-corrected chi connectivity index (χ2v) is 5.45. The van der Waals surface area contributed by atoms with Crippen molar-refractivity contribution in [2.75, 3.05) is 5.73 Å². The molecule has 0 radical (unpaired) electrons. The van der Waals surface area contributed by atoms with Crippen LogP contribution in [0.4, 0.5) is 5.69 Å². The van der Waals surface area contributed by atoms with Crippen LogP contribution in [0.2, 0.25) is 5.02 Å². The molecular formula is C14H19ClN2O. The number of hydrogen-bond acceptors (Lipinski definition) is 2. The van der Waals surface area contributed by atoms with Gasteiger partial charge in [0, 0.05) is 11.7 Å². The summed E-state index contributed by atoms with van der Waals surface area (Å²) >= 11 is 6.03. The lowest BCUT2D eigenvalue weighted by Crippen LogP contribution is -2.37. The molecule has 1 aliphatic carbocycles. The van der Waals surface area contributed by atoms with E-state index >= 15 is 0 Å². The van der Waals surface area contributed by atoms with Gasteiger partial charge in [-0.25, -0.2) is 0 Å². The van der Waals surface area contributed by atoms with E-state index < -0.39 is 0 Å². The maximum absolute atomic E-state index is 12.1. The minimum absolute atomic E-state index is 0.112. The predicted molar refractivity (Wildman–Crippen MR) is 74.8 cm³/mol. The van der Waals surface area contributed by atoms with Crippen molar-refractivity contribution in [2.24, 2.45) is 5.92 Å². The summed E-state index contributed by atoms with van der Waals surface area (Å²) in [6.45, 7) is 2.07. The third-order valence-electron chi connectivity index (χ3n) is 3.70. The number of benzene rings is 1. The van der Waals surface area contributed by atoms with Crippen LogP contribution in [0, 0.1) is 5.92 Å². The molecule has 0 heterocycles. The van der Waals surface area contributed by atoms with Crippen molar-refractivity contribution in [1.29, 1.82) is 0 Å². The van der Waals surface area contributed by atoms with E-state index in [0.29, 0.717) is 22.2 Å². The number of halogens is 1. The van der Waals surface area contributed by atoms with E-state index in [1.54, 1.807) is 18.2 Å². The number of anilines is 1. The highest BCUT2D eigenvalue weighted by atomic mass is 35.5. The SMILES string of the molecule is CC(NC(=O)c1ccc(N)cc1Cl)C1CCCC1. The van der Waals surface area contributed by atoms with Crippen LogP contribution in [0.3, 0.4) is 0 Å². The zero-order valence-electron chi connectivity index (χ0n) is 10.6. The van der Waals surface area contributed by atoms with E-state index in [-0.39, 0.29) is 11.9 Å². The third-order valence-corrected chi connectivity index (χ3v) is 4.02. The molecule has 98 valence electrons. The second-order valence-electron chi connectivity index (χ2n) is 5.05. The molecule has 0 aromatic heterocycles. The zero-order valence-corrected chi connectivity index (χ0v) is 11.3. The van der Waals surface area contributed by atoms with Gasteiger partial charge in [-0.1, -0.05) is 24.4 Å². The Kier molecular flexibility index (Phi) is 4.12. The van der Waals surface area contributed by atoms with Gasteiger partial charge in [0.05, 0.1) is 10.6 Å². The van der Waals surface area contributed by atoms with Gasteiger partial charge in [-0.3, -0.25) is 4.79 Å². The van der Waals surface area contributed by atoms with Crippen molar-refractivity contribution in [1.82, 2.24) is 5.32 Å². The summed E-state index contributed by atoms with van der Waals surface area (Å²) in [7, 11) is 0. The van der Waals surface area contributed by atoms with Gasteiger partial charge in [-0.05, 0) is 43.9 Å². The predicted octanol–water partition coefficient (Wildman–Crippen LogP) is 3.23. The highest BCUT2D eigenvalue weighted by Crippen LogP contribution is 2.28. The Hall–Kier alpha value is -1.22. The Balaban J connectivity index is 2.02. The Morgan fingerprint density at radius 1 is 1.44 bits per heavy atom. The summed E-state index contributed by atoms with van der Waals surface area (Å²) in [5.41, 5.74) is 6.68. The summed E-state index contributed by atoms with van der Waals surface area (Å²) in [5, 5.41) is 3.44. The van der Waals surface area contributed by atoms with Gasteiger partial charge >= 0.3 is 0 Å². The number of nitrogen functional groups attached to an aromatic ring is 1. The number of amides is 1. The molecule has 1 aliphatic rings. The molecule has 18 heavy (non-hydrogen) atoms. The smallest absolute Gasteiger partial charge is 0.253 e. The Morgan fingerprint density at radius 2 is 2.11 bits per heavy atom. The van der Waals surface area contributed by atoms with Crippen molar-refractivity contribution in [3.63, 3.8) is 0 Å². The average Bonchev–Trinajstić information content (AvgIpc) is 2.81. The molecule has 0 bridgehead atoms. The van der Waals surface area contributed by atoms with Gasteiger partial charge < -0.3 is 11.1 Å². The average molecular weight is 267 g/mol. The first-order valence-corrected chi connectivity index (χ1v) is 6.81. The molecule has 1 fully saturated rings. The largest absolute Gasteiger partial charge is 0.399 e. The number of hydrogen-bond donors (Lipinski definition) is 2. The van der Waals surface area contributed by atoms with Crippen LogP contribution in [0.25, 0.3) is 0 Å². The van der Waals surface area contributed by atoms with Crippen LogP contribution < -0.4 is 11.1 Å². The molecule has 1 aromatic rings. The Bertz CT molecular complexity index is 441. The summed E-state index contributed by atoms with van der Waals surface area (Å²) in [4.78, 5) is 12.1. The molecule has 3 nitrogen and oxygen atoms in total. The topological polar surface area (TPSA) is 55.1 Å². The van der Waals surface area contributed by atoms with Crippen molar-refractivity contribution in [2.45, 2.75) is 38.6 Å². The zero-order chi connectivity index (χ0) is 13.1. The van der Waals surface area contributed by atoms with E-state index in [1.165, 1.54) is 25.7 Å². The molecule has 1 saturated carbocycles. The van der Waals surface area contributed by atoms with Crippen LogP contribution in [0.5, 0.6) is 0 Å². The van der Waals surface area contributed by atoms with Gasteiger partial charge in [0.25, 0.3) is 5.91 Å². The van der Waals surface area contributed by atoms with E-state index in [0.717, 1.165) is 0 Å². The lowest BCUT2D eigenvalue weighted by Gasteiger charge is -2.20. The first-order valence-electron chi connectivity index (χ1n) is 6.44.